The van der Waals surface area contributed by atoms with Crippen LogP contribution in [0.15, 0.2) is 57.7 Å². The van der Waals surface area contributed by atoms with E-state index in [4.69, 9.17) is 9.15 Å². The van der Waals surface area contributed by atoms with E-state index in [1.165, 1.54) is 10.6 Å². The SMILES string of the molecule is O=C(CCCn1c(=O)oc2ccccc21)OCc1nc2ccccc2n1C(F)F. The van der Waals surface area contributed by atoms with Crippen molar-refractivity contribution in [3.63, 3.8) is 0 Å². The smallest absolute Gasteiger partial charge is 0.419 e. The number of nitrogens with zero attached hydrogens (tertiary/aromatic N) is 3. The van der Waals surface area contributed by atoms with E-state index in [2.05, 4.69) is 4.98 Å². The molecule has 2 heterocycles. The van der Waals surface area contributed by atoms with Crippen LogP contribution in [0.2, 0.25) is 0 Å². The van der Waals surface area contributed by atoms with Crippen LogP contribution in [0.25, 0.3) is 22.1 Å². The van der Waals surface area contributed by atoms with Gasteiger partial charge in [0.05, 0.1) is 16.6 Å². The fourth-order valence-corrected chi connectivity index (χ4v) is 3.24. The number of carbonyl (C=O) groups is 1. The first-order chi connectivity index (χ1) is 14.0. The molecule has 9 heteroatoms. The molecule has 0 aliphatic carbocycles. The molecule has 0 bridgehead atoms. The summed E-state index contributed by atoms with van der Waals surface area (Å²) in [5.74, 6) is -1.07. The van der Waals surface area contributed by atoms with Crippen molar-refractivity contribution in [2.75, 3.05) is 0 Å². The minimum Gasteiger partial charge on any atom is -0.458 e. The number of esters is 1. The largest absolute Gasteiger partial charge is 0.458 e. The minimum atomic E-state index is -2.79. The Morgan fingerprint density at radius 3 is 2.62 bits per heavy atom. The van der Waals surface area contributed by atoms with Crippen molar-refractivity contribution in [1.29, 1.82) is 0 Å². The summed E-state index contributed by atoms with van der Waals surface area (Å²) in [4.78, 5) is 28.1. The lowest BCUT2D eigenvalue weighted by Gasteiger charge is -2.08. The molecule has 4 aromatic rings. The van der Waals surface area contributed by atoms with Crippen LogP contribution < -0.4 is 5.76 Å². The van der Waals surface area contributed by atoms with Gasteiger partial charge in [0.2, 0.25) is 0 Å². The maximum atomic E-state index is 13.4. The molecular formula is C20H17F2N3O4. The number of ether oxygens (including phenoxy) is 1. The number of benzene rings is 2. The van der Waals surface area contributed by atoms with Crippen LogP contribution in [0.1, 0.15) is 25.2 Å². The van der Waals surface area contributed by atoms with Gasteiger partial charge in [0.25, 0.3) is 0 Å². The molecule has 150 valence electrons. The highest BCUT2D eigenvalue weighted by molar-refractivity contribution is 5.76. The Morgan fingerprint density at radius 1 is 1.10 bits per heavy atom. The number of rotatable bonds is 7. The number of hydrogen-bond acceptors (Lipinski definition) is 5. The monoisotopic (exact) mass is 401 g/mol. The van der Waals surface area contributed by atoms with Gasteiger partial charge in [-0.05, 0) is 30.7 Å². The Kier molecular flexibility index (Phi) is 5.11. The highest BCUT2D eigenvalue weighted by Crippen LogP contribution is 2.23. The molecule has 0 aliphatic rings. The number of oxazole rings is 1. The lowest BCUT2D eigenvalue weighted by Crippen LogP contribution is -2.16. The highest BCUT2D eigenvalue weighted by Gasteiger charge is 2.18. The standard InChI is InChI=1S/C20H17F2N3O4/c21-19(22)25-14-7-2-1-6-13(14)23-17(25)12-28-18(26)10-5-11-24-15-8-3-4-9-16(15)29-20(24)27/h1-4,6-9,19H,5,10-12H2. The summed E-state index contributed by atoms with van der Waals surface area (Å²) < 4.78 is 39.2. The first-order valence-electron chi connectivity index (χ1n) is 9.02. The van der Waals surface area contributed by atoms with E-state index in [0.717, 1.165) is 4.57 Å². The molecule has 0 radical (unpaired) electrons. The third-order valence-electron chi connectivity index (χ3n) is 4.56. The van der Waals surface area contributed by atoms with Crippen molar-refractivity contribution < 1.29 is 22.7 Å². The van der Waals surface area contributed by atoms with Crippen molar-refractivity contribution >= 4 is 28.1 Å². The van der Waals surface area contributed by atoms with Gasteiger partial charge < -0.3 is 9.15 Å². The van der Waals surface area contributed by atoms with E-state index in [1.807, 2.05) is 0 Å². The number of halogens is 2. The van der Waals surface area contributed by atoms with Gasteiger partial charge in [0, 0.05) is 13.0 Å². The van der Waals surface area contributed by atoms with E-state index >= 15 is 0 Å². The average Bonchev–Trinajstić information content (AvgIpc) is 3.23. The zero-order valence-electron chi connectivity index (χ0n) is 15.3. The summed E-state index contributed by atoms with van der Waals surface area (Å²) in [7, 11) is 0. The number of carbonyl (C=O) groups excluding carboxylic acids is 1. The van der Waals surface area contributed by atoms with Gasteiger partial charge in [-0.2, -0.15) is 8.78 Å². The number of hydrogen-bond donors (Lipinski definition) is 0. The third-order valence-corrected chi connectivity index (χ3v) is 4.56. The van der Waals surface area contributed by atoms with E-state index in [-0.39, 0.29) is 30.9 Å². The van der Waals surface area contributed by atoms with Crippen molar-refractivity contribution in [3.05, 3.63) is 64.9 Å². The van der Waals surface area contributed by atoms with Crippen LogP contribution in [-0.4, -0.2) is 20.1 Å². The maximum Gasteiger partial charge on any atom is 0.419 e. The van der Waals surface area contributed by atoms with Crippen LogP contribution in [0.3, 0.4) is 0 Å². The van der Waals surface area contributed by atoms with Crippen molar-refractivity contribution in [2.45, 2.75) is 32.5 Å². The molecular weight excluding hydrogens is 384 g/mol. The Labute approximate surface area is 163 Å². The first kappa shape index (κ1) is 18.9. The molecule has 0 N–H and O–H groups in total. The second kappa shape index (κ2) is 7.86. The number of para-hydroxylation sites is 4. The number of aromatic nitrogens is 3. The summed E-state index contributed by atoms with van der Waals surface area (Å²) in [6.45, 7) is -2.87. The molecule has 0 saturated carbocycles. The number of alkyl halides is 2. The van der Waals surface area contributed by atoms with Gasteiger partial charge in [-0.1, -0.05) is 24.3 Å². The zero-order chi connectivity index (χ0) is 20.4. The molecule has 2 aromatic heterocycles. The molecule has 2 aromatic carbocycles. The summed E-state index contributed by atoms with van der Waals surface area (Å²) in [5.41, 5.74) is 1.81. The van der Waals surface area contributed by atoms with Crippen LogP contribution in [0.4, 0.5) is 8.78 Å². The van der Waals surface area contributed by atoms with Crippen molar-refractivity contribution in [1.82, 2.24) is 14.1 Å². The lowest BCUT2D eigenvalue weighted by atomic mass is 10.3. The molecule has 0 unspecified atom stereocenters. The van der Waals surface area contributed by atoms with Crippen LogP contribution in [0, 0.1) is 0 Å². The quantitative estimate of drug-likeness (QED) is 0.440. The van der Waals surface area contributed by atoms with E-state index in [0.29, 0.717) is 23.0 Å². The summed E-state index contributed by atoms with van der Waals surface area (Å²) in [6, 6.07) is 13.5. The van der Waals surface area contributed by atoms with E-state index < -0.39 is 18.3 Å². The van der Waals surface area contributed by atoms with Crippen molar-refractivity contribution in [3.8, 4) is 0 Å². The van der Waals surface area contributed by atoms with Gasteiger partial charge in [-0.15, -0.1) is 0 Å². The fourth-order valence-electron chi connectivity index (χ4n) is 3.24. The molecule has 0 amide bonds. The Bertz CT molecular complexity index is 1230. The average molecular weight is 401 g/mol. The van der Waals surface area contributed by atoms with Gasteiger partial charge >= 0.3 is 18.3 Å². The van der Waals surface area contributed by atoms with Gasteiger partial charge in [-0.3, -0.25) is 13.9 Å². The van der Waals surface area contributed by atoms with Gasteiger partial charge in [0.15, 0.2) is 11.4 Å². The molecule has 7 nitrogen and oxygen atoms in total. The third kappa shape index (κ3) is 3.75. The molecule has 29 heavy (non-hydrogen) atoms. The van der Waals surface area contributed by atoms with Gasteiger partial charge in [-0.25, -0.2) is 9.78 Å². The Balaban J connectivity index is 1.37. The van der Waals surface area contributed by atoms with Crippen molar-refractivity contribution in [2.24, 2.45) is 0 Å². The molecule has 0 atom stereocenters. The van der Waals surface area contributed by atoms with E-state index in [1.54, 1.807) is 42.5 Å². The normalized spacial score (nSPS) is 11.6. The van der Waals surface area contributed by atoms with E-state index in [9.17, 15) is 18.4 Å². The number of aryl methyl sites for hydroxylation is 1. The maximum absolute atomic E-state index is 13.4. The van der Waals surface area contributed by atoms with Crippen LogP contribution >= 0.6 is 0 Å². The molecule has 0 aliphatic heterocycles. The molecule has 4 rings (SSSR count). The number of imidazole rings is 1. The minimum absolute atomic E-state index is 0.0217. The zero-order valence-corrected chi connectivity index (χ0v) is 15.3. The summed E-state index contributed by atoms with van der Waals surface area (Å²) >= 11 is 0. The van der Waals surface area contributed by atoms with Crippen LogP contribution in [0.5, 0.6) is 0 Å². The Morgan fingerprint density at radius 2 is 1.83 bits per heavy atom. The lowest BCUT2D eigenvalue weighted by molar-refractivity contribution is -0.145. The molecule has 0 fully saturated rings. The topological polar surface area (TPSA) is 79.3 Å². The first-order valence-corrected chi connectivity index (χ1v) is 9.02. The second-order valence-electron chi connectivity index (χ2n) is 6.42. The fraction of sp³-hybridized carbons (Fsp3) is 0.250. The van der Waals surface area contributed by atoms with Gasteiger partial charge in [0.1, 0.15) is 6.61 Å². The van der Waals surface area contributed by atoms with Crippen LogP contribution in [-0.2, 0) is 22.7 Å². The summed E-state index contributed by atoms with van der Waals surface area (Å²) in [6.07, 6.45) is 0.369. The predicted molar refractivity (Wildman–Crippen MR) is 100 cm³/mol. The predicted octanol–water partition coefficient (Wildman–Crippen LogP) is 3.86. The second-order valence-corrected chi connectivity index (χ2v) is 6.42. The summed E-state index contributed by atoms with van der Waals surface area (Å²) in [5, 5.41) is 0. The Hall–Kier alpha value is -3.49. The number of fused-ring (bicyclic) bond motifs is 2. The highest BCUT2D eigenvalue weighted by atomic mass is 19.3. The molecule has 0 saturated heterocycles. The molecule has 0 spiro atoms.